The lowest BCUT2D eigenvalue weighted by molar-refractivity contribution is 0.755. The summed E-state index contributed by atoms with van der Waals surface area (Å²) >= 11 is 0. The molecule has 8 nitrogen and oxygen atoms in total. The van der Waals surface area contributed by atoms with Crippen molar-refractivity contribution in [3.63, 3.8) is 0 Å². The van der Waals surface area contributed by atoms with Crippen molar-refractivity contribution in [2.45, 2.75) is 11.8 Å². The van der Waals surface area contributed by atoms with Crippen LogP contribution in [-0.2, 0) is 0 Å². The molecular weight excluding hydrogens is 1290 g/mol. The smallest absolute Gasteiger partial charge is 0.164 e. The van der Waals surface area contributed by atoms with Crippen LogP contribution in [0.3, 0.4) is 0 Å². The second kappa shape index (κ2) is 24.9. The molecule has 0 N–H and O–H groups in total. The third-order valence-corrected chi connectivity index (χ3v) is 21.7. The maximum atomic E-state index is 5.37. The summed E-state index contributed by atoms with van der Waals surface area (Å²) in [4.78, 5) is 31.8. The van der Waals surface area contributed by atoms with E-state index < -0.39 is 0 Å². The molecule has 4 aromatic heterocycles. The lowest BCUT2D eigenvalue weighted by Crippen LogP contribution is -2.27. The van der Waals surface area contributed by atoms with Crippen molar-refractivity contribution in [3.8, 4) is 124 Å². The number of benzene rings is 15. The molecule has 0 fully saturated rings. The fourth-order valence-corrected chi connectivity index (χ4v) is 16.9. The SMILES string of the molecule is c1ccc(-c2nc(-c3ccc(-c4ccc5c(c4)C4c6ccccc6C5c5cc(-c6ccc(-c7nc(-c8ccccc8)nc(-c8ccccc8-c8cccc9c8c8ccccc8n9-c8ccccc8)n7)cc6)ccc54)cc3)nc(-c3ccccc3-c3cccc4c3c3ccccc3n4-c3ccccc3)n2)cc1. The van der Waals surface area contributed by atoms with Gasteiger partial charge in [-0.05, 0) is 139 Å². The monoisotopic (exact) mass is 1350 g/mol. The van der Waals surface area contributed by atoms with Gasteiger partial charge in [0.15, 0.2) is 34.9 Å². The quantitative estimate of drug-likeness (QED) is 0.121. The Kier molecular flexibility index (Phi) is 14.2. The average Bonchev–Trinajstić information content (AvgIpc) is 1.01. The lowest BCUT2D eigenvalue weighted by atomic mass is 9.60. The minimum atomic E-state index is 0.0730. The van der Waals surface area contributed by atoms with Crippen LogP contribution in [0.25, 0.3) is 168 Å². The molecule has 0 spiro atoms. The maximum Gasteiger partial charge on any atom is 0.164 e. The molecule has 494 valence electrons. The minimum absolute atomic E-state index is 0.0730. The van der Waals surface area contributed by atoms with Gasteiger partial charge in [0.2, 0.25) is 0 Å². The number of nitrogens with zero attached hydrogens (tertiary/aromatic N) is 8. The fourth-order valence-electron chi connectivity index (χ4n) is 16.9. The lowest BCUT2D eigenvalue weighted by Gasteiger charge is -2.42. The van der Waals surface area contributed by atoms with Crippen LogP contribution in [-0.4, -0.2) is 39.0 Å². The van der Waals surface area contributed by atoms with Crippen LogP contribution in [0.2, 0.25) is 0 Å². The van der Waals surface area contributed by atoms with Crippen LogP contribution in [0, 0.1) is 0 Å². The highest BCUT2D eigenvalue weighted by molar-refractivity contribution is 6.18. The molecule has 106 heavy (non-hydrogen) atoms. The molecule has 4 heterocycles. The van der Waals surface area contributed by atoms with E-state index in [1.165, 1.54) is 54.9 Å². The number of hydrogen-bond donors (Lipinski definition) is 0. The van der Waals surface area contributed by atoms with E-state index in [2.05, 4.69) is 337 Å². The van der Waals surface area contributed by atoms with E-state index in [9.17, 15) is 0 Å². The van der Waals surface area contributed by atoms with Gasteiger partial charge in [-0.2, -0.15) is 0 Å². The minimum Gasteiger partial charge on any atom is -0.309 e. The molecule has 0 radical (unpaired) electrons. The van der Waals surface area contributed by atoms with Gasteiger partial charge in [-0.1, -0.05) is 303 Å². The molecule has 2 unspecified atom stereocenters. The Labute approximate surface area is 612 Å². The first-order valence-electron chi connectivity index (χ1n) is 36.1. The molecule has 2 atom stereocenters. The normalized spacial score (nSPS) is 13.5. The van der Waals surface area contributed by atoms with Crippen molar-refractivity contribution >= 4 is 43.6 Å². The van der Waals surface area contributed by atoms with Gasteiger partial charge in [0.1, 0.15) is 0 Å². The number of para-hydroxylation sites is 4. The van der Waals surface area contributed by atoms with E-state index in [1.807, 2.05) is 36.4 Å². The third-order valence-electron chi connectivity index (χ3n) is 21.7. The summed E-state index contributed by atoms with van der Waals surface area (Å²) < 4.78 is 4.73. The molecule has 3 aliphatic rings. The first-order valence-corrected chi connectivity index (χ1v) is 36.1. The van der Waals surface area contributed by atoms with Crippen LogP contribution >= 0.6 is 0 Å². The number of aromatic nitrogens is 8. The molecule has 0 saturated heterocycles. The van der Waals surface area contributed by atoms with Crippen molar-refractivity contribution < 1.29 is 0 Å². The highest BCUT2D eigenvalue weighted by Gasteiger charge is 2.41. The molecule has 15 aromatic carbocycles. The van der Waals surface area contributed by atoms with E-state index in [0.29, 0.717) is 34.9 Å². The van der Waals surface area contributed by atoms with Gasteiger partial charge in [0, 0.05) is 78.1 Å². The summed E-state index contributed by atoms with van der Waals surface area (Å²) in [6, 6.07) is 130. The summed E-state index contributed by atoms with van der Waals surface area (Å²) in [5.74, 6) is 3.82. The molecule has 0 saturated carbocycles. The summed E-state index contributed by atoms with van der Waals surface area (Å²) in [5.41, 5.74) is 29.4. The van der Waals surface area contributed by atoms with E-state index in [0.717, 1.165) is 111 Å². The molecule has 0 aliphatic heterocycles. The first kappa shape index (κ1) is 60.7. The first-order chi connectivity index (χ1) is 52.6. The van der Waals surface area contributed by atoms with Gasteiger partial charge in [0.05, 0.1) is 22.1 Å². The topological polar surface area (TPSA) is 87.2 Å². The summed E-state index contributed by atoms with van der Waals surface area (Å²) in [7, 11) is 0. The Hall–Kier alpha value is -14.1. The Morgan fingerprint density at radius 1 is 0.179 bits per heavy atom. The van der Waals surface area contributed by atoms with Gasteiger partial charge in [-0.25, -0.2) is 29.9 Å². The fraction of sp³-hybridized carbons (Fsp3) is 0.0204. The zero-order chi connectivity index (χ0) is 69.8. The van der Waals surface area contributed by atoms with Crippen molar-refractivity contribution in [2.75, 3.05) is 0 Å². The molecule has 3 aliphatic carbocycles. The summed E-state index contributed by atoms with van der Waals surface area (Å²) in [6.45, 7) is 0. The molecule has 8 heteroatoms. The van der Waals surface area contributed by atoms with E-state index >= 15 is 0 Å². The standard InChI is InChI=1S/C98H62N8/c1-5-25-63(26-6-1)93-99-95(103-97(101-93)79-37-17-13-33-71(79)73-41-23-45-87-91(73)81-39-19-21-43-85(81)105(87)69-29-9-3-10-30-69)65-51-47-61(48-52-65)67-55-57-77-83(59-67)89-75-35-15-16-36-76(75)90(77)84-60-68(56-58-78(84)89)62-49-53-66(54-50-62)96-100-94(64-27-7-2-8-28-64)102-98(104-96)80-38-18-14-34-72(80)74-42-24-46-88-92(74)82-40-20-22-44-86(82)106(88)70-31-11-4-12-32-70/h1-60,89-90H. The van der Waals surface area contributed by atoms with E-state index in [1.54, 1.807) is 0 Å². The Morgan fingerprint density at radius 2 is 0.462 bits per heavy atom. The highest BCUT2D eigenvalue weighted by Crippen LogP contribution is 2.57. The van der Waals surface area contributed by atoms with E-state index in [4.69, 9.17) is 29.9 Å². The van der Waals surface area contributed by atoms with Crippen LogP contribution in [0.4, 0.5) is 0 Å². The third kappa shape index (κ3) is 9.98. The Bertz CT molecular complexity index is 6280. The molecule has 19 aromatic rings. The van der Waals surface area contributed by atoms with Crippen molar-refractivity contribution in [2.24, 2.45) is 0 Å². The van der Waals surface area contributed by atoms with Gasteiger partial charge < -0.3 is 9.13 Å². The Morgan fingerprint density at radius 3 is 0.868 bits per heavy atom. The second-order valence-electron chi connectivity index (χ2n) is 27.5. The number of rotatable bonds is 12. The van der Waals surface area contributed by atoms with Crippen LogP contribution < -0.4 is 0 Å². The molecule has 0 amide bonds. The molecule has 22 rings (SSSR count). The summed E-state index contributed by atoms with van der Waals surface area (Å²) in [6.07, 6.45) is 0. The van der Waals surface area contributed by atoms with Gasteiger partial charge >= 0.3 is 0 Å². The molecular formula is C98H62N8. The Balaban J connectivity index is 0.603. The zero-order valence-corrected chi connectivity index (χ0v) is 57.4. The average molecular weight is 1350 g/mol. The van der Waals surface area contributed by atoms with Gasteiger partial charge in [-0.15, -0.1) is 0 Å². The van der Waals surface area contributed by atoms with Gasteiger partial charge in [0.25, 0.3) is 0 Å². The highest BCUT2D eigenvalue weighted by atomic mass is 15.0. The predicted molar refractivity (Wildman–Crippen MR) is 431 cm³/mol. The number of fused-ring (bicyclic) bond motifs is 6. The largest absolute Gasteiger partial charge is 0.309 e. The predicted octanol–water partition coefficient (Wildman–Crippen LogP) is 23.9. The van der Waals surface area contributed by atoms with Crippen LogP contribution in [0.1, 0.15) is 45.2 Å². The van der Waals surface area contributed by atoms with Crippen molar-refractivity contribution in [1.82, 2.24) is 39.0 Å². The van der Waals surface area contributed by atoms with E-state index in [-0.39, 0.29) is 11.8 Å². The number of hydrogen-bond acceptors (Lipinski definition) is 6. The second-order valence-corrected chi connectivity index (χ2v) is 27.5. The van der Waals surface area contributed by atoms with Gasteiger partial charge in [-0.3, -0.25) is 0 Å². The van der Waals surface area contributed by atoms with Crippen LogP contribution in [0.15, 0.2) is 364 Å². The summed E-state index contributed by atoms with van der Waals surface area (Å²) in [5, 5.41) is 4.73. The van der Waals surface area contributed by atoms with Crippen molar-refractivity contribution in [1.29, 1.82) is 0 Å². The zero-order valence-electron chi connectivity index (χ0n) is 57.4. The van der Waals surface area contributed by atoms with Crippen molar-refractivity contribution in [3.05, 3.63) is 397 Å². The maximum absolute atomic E-state index is 5.37. The molecule has 2 bridgehead atoms. The van der Waals surface area contributed by atoms with Crippen LogP contribution in [0.5, 0.6) is 0 Å².